The number of carbonyl (C=O) groups is 2. The minimum atomic E-state index is -3.84. The van der Waals surface area contributed by atoms with Gasteiger partial charge in [-0.05, 0) is 36.6 Å². The Balaban J connectivity index is 2.36. The Kier molecular flexibility index (Phi) is 9.76. The molecule has 8 nitrogen and oxygen atoms in total. The number of nitrogens with zero attached hydrogens (tertiary/aromatic N) is 2. The fourth-order valence-electron chi connectivity index (χ4n) is 3.24. The van der Waals surface area contributed by atoms with Crippen LogP contribution >= 0.6 is 11.6 Å². The number of hydrogen-bond acceptors (Lipinski definition) is 5. The fourth-order valence-corrected chi connectivity index (χ4v) is 4.33. The maximum Gasteiger partial charge on any atom is 0.244 e. The maximum absolute atomic E-state index is 13.5. The molecule has 0 aliphatic carbocycles. The SMILES string of the molecule is COc1ccc(N(CC(=O)N(Cc2ccccc2)C(C)C(=O)NCC(C)C)S(C)(=O)=O)cc1Cl. The average Bonchev–Trinajstić information content (AvgIpc) is 2.78. The highest BCUT2D eigenvalue weighted by molar-refractivity contribution is 7.92. The van der Waals surface area contributed by atoms with Crippen LogP contribution in [0.25, 0.3) is 0 Å². The maximum atomic E-state index is 13.5. The fraction of sp³-hybridized carbons (Fsp3) is 0.417. The molecule has 2 rings (SSSR count). The molecule has 0 saturated heterocycles. The number of sulfonamides is 1. The van der Waals surface area contributed by atoms with E-state index in [0.717, 1.165) is 16.1 Å². The molecule has 0 spiro atoms. The molecule has 0 bridgehead atoms. The first-order valence-corrected chi connectivity index (χ1v) is 13.1. The number of rotatable bonds is 11. The van der Waals surface area contributed by atoms with Crippen molar-refractivity contribution in [2.45, 2.75) is 33.4 Å². The van der Waals surface area contributed by atoms with Crippen molar-refractivity contribution < 1.29 is 22.7 Å². The van der Waals surface area contributed by atoms with Gasteiger partial charge in [0.05, 0.1) is 24.1 Å². The Labute approximate surface area is 206 Å². The highest BCUT2D eigenvalue weighted by Gasteiger charge is 2.30. The molecule has 0 saturated carbocycles. The van der Waals surface area contributed by atoms with Crippen LogP contribution in [0.15, 0.2) is 48.5 Å². The lowest BCUT2D eigenvalue weighted by atomic mass is 10.1. The Morgan fingerprint density at radius 1 is 1.09 bits per heavy atom. The van der Waals surface area contributed by atoms with E-state index in [2.05, 4.69) is 5.32 Å². The van der Waals surface area contributed by atoms with Crippen molar-refractivity contribution in [3.63, 3.8) is 0 Å². The summed E-state index contributed by atoms with van der Waals surface area (Å²) in [5, 5.41) is 3.05. The monoisotopic (exact) mass is 509 g/mol. The lowest BCUT2D eigenvalue weighted by Gasteiger charge is -2.31. The summed E-state index contributed by atoms with van der Waals surface area (Å²) in [4.78, 5) is 27.6. The largest absolute Gasteiger partial charge is 0.495 e. The number of amides is 2. The van der Waals surface area contributed by atoms with Gasteiger partial charge in [-0.1, -0.05) is 55.8 Å². The van der Waals surface area contributed by atoms with E-state index in [4.69, 9.17) is 16.3 Å². The van der Waals surface area contributed by atoms with Gasteiger partial charge < -0.3 is 15.0 Å². The summed E-state index contributed by atoms with van der Waals surface area (Å²) in [5.74, 6) is -0.203. The van der Waals surface area contributed by atoms with E-state index in [1.54, 1.807) is 6.92 Å². The van der Waals surface area contributed by atoms with Gasteiger partial charge in [0.2, 0.25) is 21.8 Å². The molecular formula is C24H32ClN3O5S. The van der Waals surface area contributed by atoms with E-state index >= 15 is 0 Å². The molecule has 0 aliphatic heterocycles. The zero-order chi connectivity index (χ0) is 25.5. The second-order valence-electron chi connectivity index (χ2n) is 8.41. The van der Waals surface area contributed by atoms with Crippen LogP contribution in [0.1, 0.15) is 26.3 Å². The summed E-state index contributed by atoms with van der Waals surface area (Å²) in [6.07, 6.45) is 1.01. The quantitative estimate of drug-likeness (QED) is 0.501. The van der Waals surface area contributed by atoms with Gasteiger partial charge in [0, 0.05) is 13.1 Å². The average molecular weight is 510 g/mol. The van der Waals surface area contributed by atoms with Gasteiger partial charge in [0.1, 0.15) is 18.3 Å². The van der Waals surface area contributed by atoms with Crippen LogP contribution in [-0.4, -0.2) is 57.6 Å². The zero-order valence-corrected chi connectivity index (χ0v) is 21.7. The summed E-state index contributed by atoms with van der Waals surface area (Å²) in [6, 6.07) is 12.9. The standard InChI is InChI=1S/C24H32ClN3O5S/c1-17(2)14-26-24(30)18(3)27(15-19-9-7-6-8-10-19)23(29)16-28(34(5,31)32)20-11-12-22(33-4)21(25)13-20/h6-13,17-18H,14-16H2,1-5H3,(H,26,30). The van der Waals surface area contributed by atoms with Gasteiger partial charge in [-0.25, -0.2) is 8.42 Å². The van der Waals surface area contributed by atoms with E-state index in [9.17, 15) is 18.0 Å². The van der Waals surface area contributed by atoms with Gasteiger partial charge in [0.25, 0.3) is 0 Å². The first kappa shape index (κ1) is 27.5. The Morgan fingerprint density at radius 2 is 1.74 bits per heavy atom. The van der Waals surface area contributed by atoms with Crippen molar-refractivity contribution in [2.75, 3.05) is 30.8 Å². The molecular weight excluding hydrogens is 478 g/mol. The van der Waals surface area contributed by atoms with Crippen LogP contribution in [0.3, 0.4) is 0 Å². The highest BCUT2D eigenvalue weighted by Crippen LogP contribution is 2.30. The molecule has 1 atom stereocenters. The number of ether oxygens (including phenoxy) is 1. The van der Waals surface area contributed by atoms with Crippen molar-refractivity contribution in [2.24, 2.45) is 5.92 Å². The third kappa shape index (κ3) is 7.63. The van der Waals surface area contributed by atoms with Gasteiger partial charge in [-0.15, -0.1) is 0 Å². The predicted molar refractivity (Wildman–Crippen MR) is 134 cm³/mol. The van der Waals surface area contributed by atoms with Crippen molar-refractivity contribution in [1.29, 1.82) is 0 Å². The number of halogens is 1. The smallest absolute Gasteiger partial charge is 0.244 e. The molecule has 2 amide bonds. The van der Waals surface area contributed by atoms with Gasteiger partial charge in [-0.2, -0.15) is 0 Å². The number of methoxy groups -OCH3 is 1. The molecule has 2 aromatic carbocycles. The molecule has 2 aromatic rings. The summed E-state index contributed by atoms with van der Waals surface area (Å²) in [6.45, 7) is 5.71. The lowest BCUT2D eigenvalue weighted by Crippen LogP contribution is -2.51. The minimum absolute atomic E-state index is 0.150. The van der Waals surface area contributed by atoms with Crippen molar-refractivity contribution in [1.82, 2.24) is 10.2 Å². The van der Waals surface area contributed by atoms with Gasteiger partial charge in [-0.3, -0.25) is 13.9 Å². The third-order valence-corrected chi connectivity index (χ3v) is 6.59. The highest BCUT2D eigenvalue weighted by atomic mass is 35.5. The molecule has 1 N–H and O–H groups in total. The predicted octanol–water partition coefficient (Wildman–Crippen LogP) is 3.30. The van der Waals surface area contributed by atoms with Crippen molar-refractivity contribution in [3.05, 3.63) is 59.1 Å². The Hall–Kier alpha value is -2.78. The summed E-state index contributed by atoms with van der Waals surface area (Å²) < 4.78 is 31.3. The molecule has 0 aromatic heterocycles. The molecule has 186 valence electrons. The van der Waals surface area contributed by atoms with Crippen LogP contribution < -0.4 is 14.4 Å². The summed E-state index contributed by atoms with van der Waals surface area (Å²) in [5.41, 5.74) is 1.04. The van der Waals surface area contributed by atoms with Crippen LogP contribution in [0, 0.1) is 5.92 Å². The molecule has 10 heteroatoms. The second kappa shape index (κ2) is 12.1. The number of carbonyl (C=O) groups excluding carboxylic acids is 2. The summed E-state index contributed by atoms with van der Waals surface area (Å²) in [7, 11) is -2.39. The van der Waals surface area contributed by atoms with Crippen molar-refractivity contribution >= 4 is 39.1 Å². The Bertz CT molecular complexity index is 1090. The van der Waals surface area contributed by atoms with Crippen LogP contribution in [-0.2, 0) is 26.2 Å². The van der Waals surface area contributed by atoms with Crippen LogP contribution in [0.2, 0.25) is 5.02 Å². The van der Waals surface area contributed by atoms with Crippen molar-refractivity contribution in [3.8, 4) is 5.75 Å². The van der Waals surface area contributed by atoms with Gasteiger partial charge >= 0.3 is 0 Å². The number of hydrogen-bond donors (Lipinski definition) is 1. The molecule has 0 fully saturated rings. The molecule has 0 aliphatic rings. The molecule has 34 heavy (non-hydrogen) atoms. The second-order valence-corrected chi connectivity index (χ2v) is 10.7. The van der Waals surface area contributed by atoms with E-state index in [0.29, 0.717) is 12.3 Å². The van der Waals surface area contributed by atoms with Gasteiger partial charge in [0.15, 0.2) is 0 Å². The Morgan fingerprint density at radius 3 is 2.26 bits per heavy atom. The number of anilines is 1. The normalized spacial score (nSPS) is 12.2. The number of nitrogens with one attached hydrogen (secondary N) is 1. The third-order valence-electron chi connectivity index (χ3n) is 5.15. The topological polar surface area (TPSA) is 96.0 Å². The lowest BCUT2D eigenvalue weighted by molar-refractivity contribution is -0.139. The van der Waals surface area contributed by atoms with E-state index in [-0.39, 0.29) is 29.1 Å². The minimum Gasteiger partial charge on any atom is -0.495 e. The van der Waals surface area contributed by atoms with E-state index in [1.165, 1.54) is 30.2 Å². The van der Waals surface area contributed by atoms with Crippen LogP contribution in [0.4, 0.5) is 5.69 Å². The molecule has 0 radical (unpaired) electrons. The first-order valence-electron chi connectivity index (χ1n) is 10.9. The molecule has 1 unspecified atom stereocenters. The summed E-state index contributed by atoms with van der Waals surface area (Å²) >= 11 is 6.19. The van der Waals surface area contributed by atoms with E-state index in [1.807, 2.05) is 44.2 Å². The first-order chi connectivity index (χ1) is 15.9. The van der Waals surface area contributed by atoms with E-state index < -0.39 is 28.5 Å². The van der Waals surface area contributed by atoms with Crippen LogP contribution in [0.5, 0.6) is 5.75 Å². The molecule has 0 heterocycles. The zero-order valence-electron chi connectivity index (χ0n) is 20.1. The number of benzene rings is 2.